The van der Waals surface area contributed by atoms with Gasteiger partial charge in [-0.05, 0) is 35.3 Å². The molecule has 0 saturated carbocycles. The predicted octanol–water partition coefficient (Wildman–Crippen LogP) is 7.30. The smallest absolute Gasteiger partial charge is 0.134 e. The molecule has 0 saturated heterocycles. The normalized spacial score (nSPS) is 11.6. The second kappa shape index (κ2) is 8.05. The third-order valence-electron chi connectivity index (χ3n) is 3.98. The molecule has 0 unspecified atom stereocenters. The van der Waals surface area contributed by atoms with Gasteiger partial charge in [0.05, 0.1) is 21.3 Å². The topological polar surface area (TPSA) is 36.7 Å². The van der Waals surface area contributed by atoms with E-state index in [1.165, 1.54) is 16.9 Å². The molecule has 130 valence electrons. The third kappa shape index (κ3) is 4.16. The average molecular weight is 399 g/mol. The van der Waals surface area contributed by atoms with Crippen molar-refractivity contribution < 1.29 is 0 Å². The molecule has 0 bridgehead atoms. The van der Waals surface area contributed by atoms with E-state index in [4.69, 9.17) is 23.2 Å². The summed E-state index contributed by atoms with van der Waals surface area (Å²) in [5, 5.41) is 13.1. The molecule has 0 aliphatic heterocycles. The Bertz CT molecular complexity index is 996. The van der Waals surface area contributed by atoms with Gasteiger partial charge in [0.25, 0.3) is 0 Å². The molecule has 0 amide bonds. The number of aromatic nitrogens is 1. The highest BCUT2D eigenvalue weighted by molar-refractivity contribution is 7.11. The van der Waals surface area contributed by atoms with Crippen LogP contribution in [0.3, 0.4) is 0 Å². The lowest BCUT2D eigenvalue weighted by Crippen LogP contribution is -1.87. The Hall–Kier alpha value is -2.12. The van der Waals surface area contributed by atoms with Crippen LogP contribution in [0.15, 0.2) is 47.8 Å². The fourth-order valence-corrected chi connectivity index (χ4v) is 3.56. The van der Waals surface area contributed by atoms with E-state index < -0.39 is 0 Å². The van der Waals surface area contributed by atoms with Crippen molar-refractivity contribution in [3.63, 3.8) is 0 Å². The van der Waals surface area contributed by atoms with Crippen molar-refractivity contribution in [3.8, 4) is 17.3 Å². The van der Waals surface area contributed by atoms with Gasteiger partial charge < -0.3 is 0 Å². The lowest BCUT2D eigenvalue weighted by atomic mass is 10.0. The van der Waals surface area contributed by atoms with Crippen LogP contribution in [-0.4, -0.2) is 4.98 Å². The summed E-state index contributed by atoms with van der Waals surface area (Å²) in [5.74, 6) is 0.483. The van der Waals surface area contributed by atoms with Crippen molar-refractivity contribution in [2.24, 2.45) is 0 Å². The molecule has 0 radical (unpaired) electrons. The Balaban J connectivity index is 1.90. The van der Waals surface area contributed by atoms with Crippen molar-refractivity contribution in [2.75, 3.05) is 0 Å². The van der Waals surface area contributed by atoms with Gasteiger partial charge in [-0.1, -0.05) is 67.4 Å². The van der Waals surface area contributed by atoms with Crippen LogP contribution >= 0.6 is 34.5 Å². The first-order valence-electron chi connectivity index (χ1n) is 8.11. The second-order valence-corrected chi connectivity index (χ2v) is 7.83. The summed E-state index contributed by atoms with van der Waals surface area (Å²) in [6.07, 6.45) is 1.86. The molecule has 0 N–H and O–H groups in total. The van der Waals surface area contributed by atoms with Crippen molar-refractivity contribution in [1.29, 1.82) is 5.26 Å². The van der Waals surface area contributed by atoms with Crippen LogP contribution in [-0.2, 0) is 0 Å². The van der Waals surface area contributed by atoms with Gasteiger partial charge in [-0.15, -0.1) is 11.3 Å². The van der Waals surface area contributed by atoms with E-state index >= 15 is 0 Å². The number of nitriles is 1. The van der Waals surface area contributed by atoms with Crippen molar-refractivity contribution >= 4 is 46.2 Å². The molecule has 1 aromatic heterocycles. The van der Waals surface area contributed by atoms with Gasteiger partial charge >= 0.3 is 0 Å². The zero-order valence-electron chi connectivity index (χ0n) is 14.3. The predicted molar refractivity (Wildman–Crippen MR) is 112 cm³/mol. The monoisotopic (exact) mass is 398 g/mol. The van der Waals surface area contributed by atoms with Crippen LogP contribution in [0.5, 0.6) is 0 Å². The van der Waals surface area contributed by atoms with Crippen LogP contribution in [0, 0.1) is 11.3 Å². The molecule has 0 spiro atoms. The Morgan fingerprint density at radius 3 is 2.46 bits per heavy atom. The molecule has 3 rings (SSSR count). The van der Waals surface area contributed by atoms with Crippen LogP contribution in [0.2, 0.25) is 10.0 Å². The van der Waals surface area contributed by atoms with Gasteiger partial charge in [-0.2, -0.15) is 5.26 Å². The number of hydrogen-bond donors (Lipinski definition) is 0. The summed E-state index contributed by atoms with van der Waals surface area (Å²) in [5.41, 5.74) is 4.45. The largest absolute Gasteiger partial charge is 0.235 e. The minimum absolute atomic E-state index is 0.483. The van der Waals surface area contributed by atoms with Gasteiger partial charge in [-0.25, -0.2) is 4.98 Å². The minimum atomic E-state index is 0.483. The highest BCUT2D eigenvalue weighted by Crippen LogP contribution is 2.31. The molecule has 0 atom stereocenters. The molecule has 0 aliphatic carbocycles. The molecule has 0 aliphatic rings. The highest BCUT2D eigenvalue weighted by atomic mass is 35.5. The van der Waals surface area contributed by atoms with Gasteiger partial charge in [0.1, 0.15) is 11.1 Å². The van der Waals surface area contributed by atoms with E-state index in [0.29, 0.717) is 26.5 Å². The molecule has 1 heterocycles. The van der Waals surface area contributed by atoms with Crippen molar-refractivity contribution in [2.45, 2.75) is 19.8 Å². The van der Waals surface area contributed by atoms with E-state index in [-0.39, 0.29) is 0 Å². The first-order chi connectivity index (χ1) is 12.5. The van der Waals surface area contributed by atoms with E-state index in [2.05, 4.69) is 37.0 Å². The fraction of sp³-hybridized carbons (Fsp3) is 0.143. The zero-order chi connectivity index (χ0) is 18.7. The van der Waals surface area contributed by atoms with Crippen LogP contribution in [0.25, 0.3) is 22.9 Å². The van der Waals surface area contributed by atoms with E-state index in [9.17, 15) is 5.26 Å². The Morgan fingerprint density at radius 2 is 1.85 bits per heavy atom. The molecule has 3 aromatic rings. The lowest BCUT2D eigenvalue weighted by Gasteiger charge is -2.04. The maximum Gasteiger partial charge on any atom is 0.134 e. The van der Waals surface area contributed by atoms with Gasteiger partial charge in [0.2, 0.25) is 0 Å². The van der Waals surface area contributed by atoms with E-state index in [0.717, 1.165) is 16.8 Å². The molecule has 2 aromatic carbocycles. The standard InChI is InChI=1S/C21H16Cl2N2S/c1-13(2)15-5-3-14(4-6-15)9-17(11-24)21-25-20(12-26-21)16-7-8-18(22)19(23)10-16/h3-10,12-13H,1-2H3. The number of nitrogens with zero attached hydrogens (tertiary/aromatic N) is 2. The molecular formula is C21H16Cl2N2S. The van der Waals surface area contributed by atoms with E-state index in [1.54, 1.807) is 12.1 Å². The summed E-state index contributed by atoms with van der Waals surface area (Å²) in [7, 11) is 0. The molecule has 0 fully saturated rings. The Kier molecular flexibility index (Phi) is 5.78. The number of benzene rings is 2. The first-order valence-corrected chi connectivity index (χ1v) is 9.74. The quantitative estimate of drug-likeness (QED) is 0.432. The van der Waals surface area contributed by atoms with Crippen LogP contribution < -0.4 is 0 Å². The van der Waals surface area contributed by atoms with Gasteiger partial charge in [-0.3, -0.25) is 0 Å². The second-order valence-electron chi connectivity index (χ2n) is 6.16. The fourth-order valence-electron chi connectivity index (χ4n) is 2.47. The summed E-state index contributed by atoms with van der Waals surface area (Å²) in [4.78, 5) is 4.59. The summed E-state index contributed by atoms with van der Waals surface area (Å²) >= 11 is 13.5. The number of thiazole rings is 1. The van der Waals surface area contributed by atoms with Crippen LogP contribution in [0.1, 0.15) is 35.9 Å². The Labute approximate surface area is 167 Å². The maximum absolute atomic E-state index is 9.55. The zero-order valence-corrected chi connectivity index (χ0v) is 16.7. The first kappa shape index (κ1) is 18.7. The molecular weight excluding hydrogens is 383 g/mol. The number of hydrogen-bond acceptors (Lipinski definition) is 3. The number of rotatable bonds is 4. The third-order valence-corrected chi connectivity index (χ3v) is 5.60. The highest BCUT2D eigenvalue weighted by Gasteiger charge is 2.10. The molecule has 26 heavy (non-hydrogen) atoms. The van der Waals surface area contributed by atoms with E-state index in [1.807, 2.05) is 29.7 Å². The molecule has 5 heteroatoms. The van der Waals surface area contributed by atoms with Crippen molar-refractivity contribution in [1.82, 2.24) is 4.98 Å². The van der Waals surface area contributed by atoms with Crippen molar-refractivity contribution in [3.05, 3.63) is 74.0 Å². The number of allylic oxidation sites excluding steroid dienone is 1. The van der Waals surface area contributed by atoms with Gasteiger partial charge in [0.15, 0.2) is 0 Å². The summed E-state index contributed by atoms with van der Waals surface area (Å²) < 4.78 is 0. The average Bonchev–Trinajstić information content (AvgIpc) is 3.12. The van der Waals surface area contributed by atoms with Crippen LogP contribution in [0.4, 0.5) is 0 Å². The lowest BCUT2D eigenvalue weighted by molar-refractivity contribution is 0.866. The number of halogens is 2. The summed E-state index contributed by atoms with van der Waals surface area (Å²) in [6.45, 7) is 4.32. The Morgan fingerprint density at radius 1 is 1.12 bits per heavy atom. The molecule has 2 nitrogen and oxygen atoms in total. The minimum Gasteiger partial charge on any atom is -0.235 e. The SMILES string of the molecule is CC(C)c1ccc(C=C(C#N)c2nc(-c3ccc(Cl)c(Cl)c3)cs2)cc1. The maximum atomic E-state index is 9.55. The van der Waals surface area contributed by atoms with Gasteiger partial charge in [0, 0.05) is 10.9 Å². The summed E-state index contributed by atoms with van der Waals surface area (Å²) in [6, 6.07) is 15.9.